The van der Waals surface area contributed by atoms with E-state index < -0.39 is 41.9 Å². The molecule has 12 nitrogen and oxygen atoms in total. The van der Waals surface area contributed by atoms with Crippen LogP contribution in [0.2, 0.25) is 5.02 Å². The number of hydrogen-bond donors (Lipinski definition) is 3. The van der Waals surface area contributed by atoms with Crippen LogP contribution in [0.5, 0.6) is 0 Å². The Morgan fingerprint density at radius 3 is 2.40 bits per heavy atom. The number of carboxylic acids is 2. The zero-order valence-electron chi connectivity index (χ0n) is 28.0. The first kappa shape index (κ1) is 36.4. The predicted octanol–water partition coefficient (Wildman–Crippen LogP) is 4.42. The number of rotatable bonds is 11. The highest BCUT2D eigenvalue weighted by molar-refractivity contribution is 6.31. The molecule has 0 bridgehead atoms. The molecule has 0 radical (unpaired) electrons. The topological polar surface area (TPSA) is 180 Å². The number of nitrogens with zero attached hydrogens (tertiary/aromatic N) is 3. The van der Waals surface area contributed by atoms with Gasteiger partial charge in [-0.2, -0.15) is 0 Å². The summed E-state index contributed by atoms with van der Waals surface area (Å²) in [7, 11) is 0. The molecule has 0 aromatic heterocycles. The summed E-state index contributed by atoms with van der Waals surface area (Å²) in [6.07, 6.45) is 1.76. The van der Waals surface area contributed by atoms with E-state index in [0.29, 0.717) is 37.1 Å². The van der Waals surface area contributed by atoms with E-state index in [4.69, 9.17) is 27.3 Å². The van der Waals surface area contributed by atoms with Crippen molar-refractivity contribution in [3.05, 3.63) is 111 Å². The molecule has 0 saturated carbocycles. The largest absolute Gasteiger partial charge is 0.480 e. The highest BCUT2D eigenvalue weighted by atomic mass is 35.5. The van der Waals surface area contributed by atoms with Crippen LogP contribution in [0.1, 0.15) is 69.9 Å². The number of hydrogen-bond acceptors (Lipinski definition) is 8. The van der Waals surface area contributed by atoms with E-state index in [1.807, 2.05) is 24.3 Å². The van der Waals surface area contributed by atoms with Crippen molar-refractivity contribution >= 4 is 52.4 Å². The zero-order valence-corrected chi connectivity index (χ0v) is 28.7. The van der Waals surface area contributed by atoms with Crippen LogP contribution in [-0.2, 0) is 36.9 Å². The third-order valence-electron chi connectivity index (χ3n) is 9.69. The van der Waals surface area contributed by atoms with Gasteiger partial charge in [0.2, 0.25) is 12.0 Å². The molecule has 3 aliphatic rings. The van der Waals surface area contributed by atoms with Crippen LogP contribution in [0.25, 0.3) is 5.57 Å². The molecule has 2 unspecified atom stereocenters. The monoisotopic (exact) mass is 730 g/mol. The molecule has 6 rings (SSSR count). The van der Waals surface area contributed by atoms with Gasteiger partial charge in [-0.25, -0.2) is 9.18 Å². The number of ketones is 1. The molecule has 3 aliphatic heterocycles. The molecular weight excluding hydrogens is 695 g/mol. The van der Waals surface area contributed by atoms with Gasteiger partial charge in [0.25, 0.3) is 5.91 Å². The van der Waals surface area contributed by atoms with Crippen molar-refractivity contribution in [3.8, 4) is 0 Å². The first-order valence-electron chi connectivity index (χ1n) is 16.8. The minimum atomic E-state index is -1.16. The molecule has 270 valence electrons. The average molecular weight is 731 g/mol. The second-order valence-electron chi connectivity index (χ2n) is 12.9. The average Bonchev–Trinajstić information content (AvgIpc) is 3.64. The quantitative estimate of drug-likeness (QED) is 0.258. The Hall–Kier alpha value is -5.40. The Labute approximate surface area is 303 Å². The van der Waals surface area contributed by atoms with Gasteiger partial charge in [-0.15, -0.1) is 0 Å². The smallest absolute Gasteiger partial charge is 0.335 e. The van der Waals surface area contributed by atoms with E-state index in [9.17, 15) is 33.5 Å². The van der Waals surface area contributed by atoms with Crippen molar-refractivity contribution in [2.45, 2.75) is 56.7 Å². The summed E-state index contributed by atoms with van der Waals surface area (Å²) in [5.41, 5.74) is 10.0. The highest BCUT2D eigenvalue weighted by Gasteiger charge is 2.42. The molecule has 0 aliphatic carbocycles. The van der Waals surface area contributed by atoms with Gasteiger partial charge in [-0.3, -0.25) is 19.2 Å². The summed E-state index contributed by atoms with van der Waals surface area (Å²) in [4.78, 5) is 72.3. The fourth-order valence-corrected chi connectivity index (χ4v) is 7.07. The van der Waals surface area contributed by atoms with Crippen molar-refractivity contribution in [1.29, 1.82) is 0 Å². The van der Waals surface area contributed by atoms with Crippen molar-refractivity contribution in [3.63, 3.8) is 0 Å². The van der Waals surface area contributed by atoms with Gasteiger partial charge in [-0.05, 0) is 71.4 Å². The number of aromatic carboxylic acids is 1. The first-order valence-corrected chi connectivity index (χ1v) is 17.2. The number of fused-ring (bicyclic) bond motifs is 1. The number of benzene rings is 3. The summed E-state index contributed by atoms with van der Waals surface area (Å²) in [5, 5.41) is 22.3. The number of oxime groups is 1. The SMILES string of the molecule is N[C@@H](CCC(=O)N1CC=C(c2cccc3c2CCN(C(=O)C2CC(c4cccc(Cl)c4F)=NO2)C3C(=O)Cc2ccc(C(=O)O)cc2)CC1)C(=O)O. The molecule has 3 aromatic carbocycles. The van der Waals surface area contributed by atoms with E-state index >= 15 is 0 Å². The number of Topliss-reactive ketones (excluding diaryl/α,β-unsaturated/α-hetero) is 1. The number of halogens is 2. The lowest BCUT2D eigenvalue weighted by molar-refractivity contribution is -0.149. The molecule has 14 heteroatoms. The molecule has 0 saturated heterocycles. The fourth-order valence-electron chi connectivity index (χ4n) is 6.90. The number of amides is 2. The summed E-state index contributed by atoms with van der Waals surface area (Å²) in [6.45, 7) is 0.929. The van der Waals surface area contributed by atoms with Crippen LogP contribution in [0.15, 0.2) is 71.9 Å². The Morgan fingerprint density at radius 1 is 0.981 bits per heavy atom. The van der Waals surface area contributed by atoms with E-state index in [1.165, 1.54) is 29.2 Å². The predicted molar refractivity (Wildman–Crippen MR) is 188 cm³/mol. The summed E-state index contributed by atoms with van der Waals surface area (Å²) >= 11 is 5.97. The third kappa shape index (κ3) is 7.60. The number of carbonyl (C=O) groups is 5. The minimum Gasteiger partial charge on any atom is -0.480 e. The van der Waals surface area contributed by atoms with Gasteiger partial charge >= 0.3 is 11.9 Å². The highest BCUT2D eigenvalue weighted by Crippen LogP contribution is 2.38. The molecule has 4 N–H and O–H groups in total. The minimum absolute atomic E-state index is 0.0232. The molecule has 2 amide bonds. The Morgan fingerprint density at radius 2 is 1.71 bits per heavy atom. The van der Waals surface area contributed by atoms with Crippen molar-refractivity contribution in [2.24, 2.45) is 10.9 Å². The summed E-state index contributed by atoms with van der Waals surface area (Å²) < 4.78 is 14.8. The maximum absolute atomic E-state index is 14.8. The van der Waals surface area contributed by atoms with Gasteiger partial charge in [0, 0.05) is 44.5 Å². The Balaban J connectivity index is 1.26. The van der Waals surface area contributed by atoms with E-state index in [-0.39, 0.29) is 65.8 Å². The second-order valence-corrected chi connectivity index (χ2v) is 13.3. The maximum atomic E-state index is 14.8. The summed E-state index contributed by atoms with van der Waals surface area (Å²) in [6, 6.07) is 14.0. The lowest BCUT2D eigenvalue weighted by atomic mass is 9.82. The lowest BCUT2D eigenvalue weighted by Gasteiger charge is -2.38. The molecule has 0 spiro atoms. The number of nitrogens with two attached hydrogens (primary N) is 1. The van der Waals surface area contributed by atoms with Gasteiger partial charge in [0.15, 0.2) is 11.6 Å². The van der Waals surface area contributed by atoms with Gasteiger partial charge in [0.05, 0.1) is 16.3 Å². The third-order valence-corrected chi connectivity index (χ3v) is 9.98. The van der Waals surface area contributed by atoms with Crippen LogP contribution in [-0.4, -0.2) is 87.0 Å². The van der Waals surface area contributed by atoms with Crippen LogP contribution >= 0.6 is 11.6 Å². The van der Waals surface area contributed by atoms with Crippen LogP contribution in [0.3, 0.4) is 0 Å². The van der Waals surface area contributed by atoms with Crippen molar-refractivity contribution in [1.82, 2.24) is 9.80 Å². The van der Waals surface area contributed by atoms with E-state index in [1.54, 1.807) is 23.1 Å². The second kappa shape index (κ2) is 15.5. The normalized spacial score (nSPS) is 18.8. The molecule has 3 atom stereocenters. The molecular formula is C38H36ClFN4O8. The number of carbonyl (C=O) groups excluding carboxylic acids is 3. The van der Waals surface area contributed by atoms with Crippen molar-refractivity contribution in [2.75, 3.05) is 19.6 Å². The lowest BCUT2D eigenvalue weighted by Crippen LogP contribution is -2.48. The number of aliphatic carboxylic acids is 1. The molecule has 0 fully saturated rings. The maximum Gasteiger partial charge on any atom is 0.335 e. The van der Waals surface area contributed by atoms with Crippen LogP contribution in [0.4, 0.5) is 4.39 Å². The molecule has 3 aromatic rings. The van der Waals surface area contributed by atoms with E-state index in [2.05, 4.69) is 5.16 Å². The standard InChI is InChI=1S/C38H36ClFN4O8/c39-28-6-2-5-27(34(28)40)30-20-32(52-42-30)36(47)44-18-15-25-24(22-13-16-43(17-14-22)33(46)12-11-29(41)38(50)51)3-1-4-26(25)35(44)31(45)19-21-7-9-23(10-8-21)37(48)49/h1-10,13,29,32,35H,11-12,14-20,41H2,(H,48,49)(H,50,51)/t29-,32?,35?/m0/s1. The fraction of sp³-hybridized carbons (Fsp3) is 0.316. The molecule has 52 heavy (non-hydrogen) atoms. The van der Waals surface area contributed by atoms with E-state index in [0.717, 1.165) is 16.7 Å². The van der Waals surface area contributed by atoms with Gasteiger partial charge in [-0.1, -0.05) is 59.2 Å². The van der Waals surface area contributed by atoms with Crippen LogP contribution in [0, 0.1) is 5.82 Å². The molecule has 3 heterocycles. The first-order chi connectivity index (χ1) is 24.9. The zero-order chi connectivity index (χ0) is 37.1. The Bertz CT molecular complexity index is 2000. The van der Waals surface area contributed by atoms with Crippen LogP contribution < -0.4 is 5.73 Å². The Kier molecular flexibility index (Phi) is 10.8. The number of carboxylic acid groups (broad SMARTS) is 2. The van der Waals surface area contributed by atoms with Crippen molar-refractivity contribution < 1.29 is 43.4 Å². The van der Waals surface area contributed by atoms with Gasteiger partial charge < -0.3 is 30.6 Å². The van der Waals surface area contributed by atoms with Gasteiger partial charge in [0.1, 0.15) is 12.1 Å². The summed E-state index contributed by atoms with van der Waals surface area (Å²) in [5.74, 6) is -3.87.